The molecule has 0 aromatic rings. The van der Waals surface area contributed by atoms with Crippen molar-refractivity contribution in [1.29, 1.82) is 0 Å². The van der Waals surface area contributed by atoms with E-state index in [1.807, 2.05) is 0 Å². The van der Waals surface area contributed by atoms with Crippen LogP contribution in [0, 0.1) is 0 Å². The highest BCUT2D eigenvalue weighted by Gasteiger charge is 2.46. The van der Waals surface area contributed by atoms with Gasteiger partial charge in [0.1, 0.15) is 0 Å². The van der Waals surface area contributed by atoms with Crippen LogP contribution in [0.5, 0.6) is 0 Å². The van der Waals surface area contributed by atoms with Gasteiger partial charge >= 0.3 is 0 Å². The summed E-state index contributed by atoms with van der Waals surface area (Å²) in [6, 6.07) is 0. The van der Waals surface area contributed by atoms with E-state index in [0.29, 0.717) is 0 Å². The number of hydrogen-bond donors (Lipinski definition) is 5. The Balaban J connectivity index is 5.19. The molecule has 2 amide bonds. The lowest BCUT2D eigenvalue weighted by Gasteiger charge is -2.43. The third-order valence-electron chi connectivity index (χ3n) is 3.28. The Morgan fingerprint density at radius 2 is 1.84 bits per heavy atom. The zero-order chi connectivity index (χ0) is 15.3. The lowest BCUT2D eigenvalue weighted by Crippen LogP contribution is -2.63. The van der Waals surface area contributed by atoms with Gasteiger partial charge < -0.3 is 26.0 Å². The molecule has 0 aromatic heterocycles. The molecule has 3 atom stereocenters. The fourth-order valence-electron chi connectivity index (χ4n) is 1.92. The largest absolute Gasteiger partial charge is 0.394 e. The lowest BCUT2D eigenvalue weighted by molar-refractivity contribution is -0.134. The number of carbonyl (C=O) groups is 2. The van der Waals surface area contributed by atoms with Gasteiger partial charge in [-0.25, -0.2) is 0 Å². The first-order valence-corrected chi connectivity index (χ1v) is 6.08. The van der Waals surface area contributed by atoms with E-state index in [9.17, 15) is 19.8 Å². The molecule has 0 aliphatic carbocycles. The molecule has 0 aliphatic heterocycles. The van der Waals surface area contributed by atoms with Crippen molar-refractivity contribution in [3.8, 4) is 0 Å². The SMILES string of the molecule is CNC(=O)CC(C)(NC(C)=O)C(C)(O)CC(O)CO. The molecule has 0 saturated carbocycles. The fraction of sp³-hybridized carbons (Fsp3) is 0.833. The molecule has 0 rings (SSSR count). The van der Waals surface area contributed by atoms with E-state index in [-0.39, 0.29) is 18.7 Å². The van der Waals surface area contributed by atoms with E-state index in [1.54, 1.807) is 0 Å². The van der Waals surface area contributed by atoms with E-state index < -0.39 is 29.8 Å². The van der Waals surface area contributed by atoms with Crippen molar-refractivity contribution in [3.63, 3.8) is 0 Å². The first-order valence-electron chi connectivity index (χ1n) is 6.08. The zero-order valence-electron chi connectivity index (χ0n) is 11.9. The Morgan fingerprint density at radius 3 is 2.21 bits per heavy atom. The van der Waals surface area contributed by atoms with Gasteiger partial charge in [0.25, 0.3) is 0 Å². The van der Waals surface area contributed by atoms with Gasteiger partial charge in [0.2, 0.25) is 11.8 Å². The van der Waals surface area contributed by atoms with Gasteiger partial charge in [0.05, 0.1) is 30.3 Å². The van der Waals surface area contributed by atoms with E-state index in [4.69, 9.17) is 5.11 Å². The van der Waals surface area contributed by atoms with E-state index >= 15 is 0 Å². The van der Waals surface area contributed by atoms with Crippen molar-refractivity contribution < 1.29 is 24.9 Å². The van der Waals surface area contributed by atoms with Crippen LogP contribution in [-0.4, -0.2) is 58.0 Å². The van der Waals surface area contributed by atoms with Crippen LogP contribution < -0.4 is 10.6 Å². The second-order valence-electron chi connectivity index (χ2n) is 5.18. The first-order chi connectivity index (χ1) is 8.58. The predicted molar refractivity (Wildman–Crippen MR) is 69.2 cm³/mol. The molecule has 5 N–H and O–H groups in total. The molecular weight excluding hydrogens is 252 g/mol. The fourth-order valence-corrected chi connectivity index (χ4v) is 1.92. The average Bonchev–Trinajstić information content (AvgIpc) is 2.26. The molecule has 0 saturated heterocycles. The summed E-state index contributed by atoms with van der Waals surface area (Å²) in [5.41, 5.74) is -2.82. The lowest BCUT2D eigenvalue weighted by atomic mass is 9.76. The molecule has 0 aliphatic rings. The van der Waals surface area contributed by atoms with Crippen molar-refractivity contribution >= 4 is 11.8 Å². The highest BCUT2D eigenvalue weighted by atomic mass is 16.3. The second kappa shape index (κ2) is 6.83. The number of aliphatic hydroxyl groups excluding tert-OH is 2. The van der Waals surface area contributed by atoms with Crippen LogP contribution in [0.3, 0.4) is 0 Å². The molecule has 0 radical (unpaired) electrons. The molecule has 0 fully saturated rings. The Morgan fingerprint density at radius 1 is 1.32 bits per heavy atom. The first kappa shape index (κ1) is 17.8. The Hall–Kier alpha value is -1.18. The van der Waals surface area contributed by atoms with Crippen LogP contribution in [0.4, 0.5) is 0 Å². The highest BCUT2D eigenvalue weighted by molar-refractivity contribution is 5.79. The van der Waals surface area contributed by atoms with Gasteiger partial charge in [-0.2, -0.15) is 0 Å². The highest BCUT2D eigenvalue weighted by Crippen LogP contribution is 2.30. The minimum atomic E-state index is -1.56. The maximum absolute atomic E-state index is 11.5. The van der Waals surface area contributed by atoms with Crippen LogP contribution in [-0.2, 0) is 9.59 Å². The molecule has 0 heterocycles. The minimum Gasteiger partial charge on any atom is -0.394 e. The van der Waals surface area contributed by atoms with Crippen LogP contribution in [0.1, 0.15) is 33.6 Å². The summed E-state index contributed by atoms with van der Waals surface area (Å²) in [6.45, 7) is 3.70. The van der Waals surface area contributed by atoms with Gasteiger partial charge in [-0.3, -0.25) is 9.59 Å². The normalized spacial score (nSPS) is 18.9. The Kier molecular flexibility index (Phi) is 6.41. The topological polar surface area (TPSA) is 119 Å². The standard InChI is InChI=1S/C12H24N2O5/c1-8(16)14-11(2,6-10(18)13-4)12(3,19)5-9(17)7-15/h9,15,17,19H,5-7H2,1-4H3,(H,13,18)(H,14,16). The van der Waals surface area contributed by atoms with Gasteiger partial charge in [0, 0.05) is 20.4 Å². The molecule has 112 valence electrons. The van der Waals surface area contributed by atoms with Gasteiger partial charge in [-0.15, -0.1) is 0 Å². The summed E-state index contributed by atoms with van der Waals surface area (Å²) in [5, 5.41) is 33.7. The average molecular weight is 276 g/mol. The molecule has 7 nitrogen and oxygen atoms in total. The summed E-state index contributed by atoms with van der Waals surface area (Å²) >= 11 is 0. The molecule has 0 bridgehead atoms. The maximum Gasteiger partial charge on any atom is 0.222 e. The van der Waals surface area contributed by atoms with Crippen LogP contribution >= 0.6 is 0 Å². The summed E-state index contributed by atoms with van der Waals surface area (Å²) < 4.78 is 0. The van der Waals surface area contributed by atoms with Gasteiger partial charge in [0.15, 0.2) is 0 Å². The number of rotatable bonds is 7. The van der Waals surface area contributed by atoms with Crippen LogP contribution in [0.2, 0.25) is 0 Å². The Bertz CT molecular complexity index is 332. The van der Waals surface area contributed by atoms with E-state index in [1.165, 1.54) is 27.8 Å². The molecule has 3 unspecified atom stereocenters. The number of hydrogen-bond acceptors (Lipinski definition) is 5. The molecule has 7 heteroatoms. The number of amides is 2. The maximum atomic E-state index is 11.5. The summed E-state index contributed by atoms with van der Waals surface area (Å²) in [6.07, 6.45) is -1.45. The Labute approximate surface area is 113 Å². The third kappa shape index (κ3) is 5.14. The zero-order valence-corrected chi connectivity index (χ0v) is 11.9. The predicted octanol–water partition coefficient (Wildman–Crippen LogP) is -1.49. The minimum absolute atomic E-state index is 0.145. The van der Waals surface area contributed by atoms with E-state index in [0.717, 1.165) is 0 Å². The summed E-state index contributed by atoms with van der Waals surface area (Å²) in [5.74, 6) is -0.750. The van der Waals surface area contributed by atoms with Crippen molar-refractivity contribution in [2.24, 2.45) is 0 Å². The number of nitrogens with one attached hydrogen (secondary N) is 2. The quantitative estimate of drug-likeness (QED) is 0.388. The molecule has 0 aromatic carbocycles. The summed E-state index contributed by atoms with van der Waals surface area (Å²) in [7, 11) is 1.45. The van der Waals surface area contributed by atoms with Crippen molar-refractivity contribution in [2.45, 2.75) is 50.9 Å². The van der Waals surface area contributed by atoms with E-state index in [2.05, 4.69) is 10.6 Å². The summed E-state index contributed by atoms with van der Waals surface area (Å²) in [4.78, 5) is 22.8. The second-order valence-corrected chi connectivity index (χ2v) is 5.18. The molecular formula is C12H24N2O5. The number of carbonyl (C=O) groups excluding carboxylic acids is 2. The van der Waals surface area contributed by atoms with Crippen molar-refractivity contribution in [3.05, 3.63) is 0 Å². The smallest absolute Gasteiger partial charge is 0.222 e. The number of aliphatic hydroxyl groups is 3. The van der Waals surface area contributed by atoms with Gasteiger partial charge in [-0.05, 0) is 13.8 Å². The van der Waals surface area contributed by atoms with Crippen LogP contribution in [0.25, 0.3) is 0 Å². The molecule has 19 heavy (non-hydrogen) atoms. The third-order valence-corrected chi connectivity index (χ3v) is 3.28. The monoisotopic (exact) mass is 276 g/mol. The van der Waals surface area contributed by atoms with Crippen molar-refractivity contribution in [1.82, 2.24) is 10.6 Å². The van der Waals surface area contributed by atoms with Crippen LogP contribution in [0.15, 0.2) is 0 Å². The molecule has 0 spiro atoms. The van der Waals surface area contributed by atoms with Crippen molar-refractivity contribution in [2.75, 3.05) is 13.7 Å². The van der Waals surface area contributed by atoms with Gasteiger partial charge in [-0.1, -0.05) is 0 Å².